The van der Waals surface area contributed by atoms with Crippen LogP contribution in [0.3, 0.4) is 0 Å². The maximum absolute atomic E-state index is 12.3. The predicted octanol–water partition coefficient (Wildman–Crippen LogP) is 1.79. The van der Waals surface area contributed by atoms with Gasteiger partial charge in [0.2, 0.25) is 11.8 Å². The van der Waals surface area contributed by atoms with Crippen molar-refractivity contribution in [1.82, 2.24) is 10.6 Å². The molecule has 0 radical (unpaired) electrons. The number of benzene rings is 1. The number of carbonyl (C=O) groups is 3. The minimum atomic E-state index is -0.776. The van der Waals surface area contributed by atoms with Crippen LogP contribution in [0.5, 0.6) is 0 Å². The number of carbonyl (C=O) groups excluding carboxylic acids is 3. The highest BCUT2D eigenvalue weighted by Crippen LogP contribution is 2.06. The summed E-state index contributed by atoms with van der Waals surface area (Å²) in [5.41, 5.74) is 0.647. The minimum absolute atomic E-state index is 0.125. The van der Waals surface area contributed by atoms with Gasteiger partial charge in [0.05, 0.1) is 12.8 Å². The molecule has 7 heteroatoms. The molecule has 0 bridgehead atoms. The Bertz CT molecular complexity index is 711. The van der Waals surface area contributed by atoms with E-state index in [-0.39, 0.29) is 24.1 Å². The van der Waals surface area contributed by atoms with Crippen LogP contribution in [0.4, 0.5) is 5.69 Å². The lowest BCUT2D eigenvalue weighted by molar-refractivity contribution is -0.126. The molecule has 1 atom stereocenters. The van der Waals surface area contributed by atoms with Crippen molar-refractivity contribution in [2.45, 2.75) is 19.9 Å². The van der Waals surface area contributed by atoms with E-state index in [2.05, 4.69) is 16.0 Å². The zero-order chi connectivity index (χ0) is 18.2. The molecular weight excluding hydrogens is 322 g/mol. The lowest BCUT2D eigenvalue weighted by atomic mass is 10.0. The maximum Gasteiger partial charge on any atom is 0.287 e. The quantitative estimate of drug-likeness (QED) is 0.713. The molecule has 0 fully saturated rings. The molecule has 0 saturated heterocycles. The molecule has 7 nitrogen and oxygen atoms in total. The number of amides is 3. The summed E-state index contributed by atoms with van der Waals surface area (Å²) in [5.74, 6) is -1.29. The summed E-state index contributed by atoms with van der Waals surface area (Å²) in [6, 6.07) is 11.3. The number of para-hydroxylation sites is 1. The molecule has 0 spiro atoms. The summed E-state index contributed by atoms with van der Waals surface area (Å²) in [4.78, 5) is 36.2. The van der Waals surface area contributed by atoms with Crippen molar-refractivity contribution in [3.63, 3.8) is 0 Å². The number of furan rings is 1. The molecule has 2 rings (SSSR count). The van der Waals surface area contributed by atoms with Gasteiger partial charge in [-0.3, -0.25) is 14.4 Å². The van der Waals surface area contributed by atoms with Crippen molar-refractivity contribution in [1.29, 1.82) is 0 Å². The first-order chi connectivity index (χ1) is 12.0. The van der Waals surface area contributed by atoms with Crippen LogP contribution in [0.15, 0.2) is 53.1 Å². The molecule has 3 amide bonds. The van der Waals surface area contributed by atoms with E-state index in [9.17, 15) is 14.4 Å². The molecule has 1 unspecified atom stereocenters. The summed E-state index contributed by atoms with van der Waals surface area (Å²) in [6.45, 7) is 3.42. The molecule has 0 aliphatic carbocycles. The first-order valence-electron chi connectivity index (χ1n) is 7.94. The Hall–Kier alpha value is -3.09. The van der Waals surface area contributed by atoms with Gasteiger partial charge < -0.3 is 20.4 Å². The molecule has 1 aromatic heterocycles. The molecule has 1 aromatic carbocycles. The second kappa shape index (κ2) is 8.68. The Morgan fingerprint density at radius 1 is 1.04 bits per heavy atom. The Morgan fingerprint density at radius 2 is 1.76 bits per heavy atom. The Kier molecular flexibility index (Phi) is 6.33. The molecule has 0 aliphatic heterocycles. The van der Waals surface area contributed by atoms with E-state index in [1.165, 1.54) is 12.3 Å². The highest BCUT2D eigenvalue weighted by molar-refractivity contribution is 5.98. The minimum Gasteiger partial charge on any atom is -0.459 e. The van der Waals surface area contributed by atoms with Crippen LogP contribution in [0.1, 0.15) is 24.4 Å². The number of hydrogen-bond acceptors (Lipinski definition) is 4. The van der Waals surface area contributed by atoms with Crippen molar-refractivity contribution in [3.8, 4) is 0 Å². The first-order valence-corrected chi connectivity index (χ1v) is 7.94. The predicted molar refractivity (Wildman–Crippen MR) is 92.9 cm³/mol. The van der Waals surface area contributed by atoms with Crippen LogP contribution in [0.2, 0.25) is 0 Å². The summed E-state index contributed by atoms with van der Waals surface area (Å²) < 4.78 is 5.01. The van der Waals surface area contributed by atoms with Crippen LogP contribution in [0.25, 0.3) is 0 Å². The van der Waals surface area contributed by atoms with Crippen LogP contribution < -0.4 is 16.0 Å². The van der Waals surface area contributed by atoms with E-state index in [1.54, 1.807) is 44.2 Å². The van der Waals surface area contributed by atoms with E-state index in [0.29, 0.717) is 5.69 Å². The molecule has 0 aliphatic rings. The van der Waals surface area contributed by atoms with Gasteiger partial charge in [0.25, 0.3) is 5.91 Å². The van der Waals surface area contributed by atoms with Gasteiger partial charge in [-0.2, -0.15) is 0 Å². The van der Waals surface area contributed by atoms with Crippen molar-refractivity contribution in [3.05, 3.63) is 54.5 Å². The van der Waals surface area contributed by atoms with Crippen LogP contribution >= 0.6 is 0 Å². The van der Waals surface area contributed by atoms with Crippen molar-refractivity contribution >= 4 is 23.4 Å². The smallest absolute Gasteiger partial charge is 0.287 e. The van der Waals surface area contributed by atoms with Gasteiger partial charge in [0.1, 0.15) is 6.04 Å². The molecule has 3 N–H and O–H groups in total. The zero-order valence-corrected chi connectivity index (χ0v) is 14.1. The van der Waals surface area contributed by atoms with Gasteiger partial charge in [0.15, 0.2) is 5.76 Å². The maximum atomic E-state index is 12.3. The van der Waals surface area contributed by atoms with E-state index in [4.69, 9.17) is 4.42 Å². The molecule has 2 aromatic rings. The third kappa shape index (κ3) is 5.49. The van der Waals surface area contributed by atoms with Gasteiger partial charge in [0, 0.05) is 5.69 Å². The largest absolute Gasteiger partial charge is 0.459 e. The third-order valence-corrected chi connectivity index (χ3v) is 3.46. The monoisotopic (exact) mass is 343 g/mol. The first kappa shape index (κ1) is 18.3. The van der Waals surface area contributed by atoms with Crippen molar-refractivity contribution in [2.75, 3.05) is 11.9 Å². The van der Waals surface area contributed by atoms with E-state index < -0.39 is 17.9 Å². The fourth-order valence-corrected chi connectivity index (χ4v) is 2.16. The number of rotatable bonds is 7. The summed E-state index contributed by atoms with van der Waals surface area (Å²) in [5, 5.41) is 7.83. The Labute approximate surface area is 145 Å². The molecule has 0 saturated carbocycles. The average molecular weight is 343 g/mol. The highest BCUT2D eigenvalue weighted by atomic mass is 16.3. The standard InChI is InChI=1S/C18H21N3O4/c1-12(2)16(21-17(23)14-9-6-10-25-14)18(24)19-11-15(22)20-13-7-4-3-5-8-13/h3-10,12,16H,11H2,1-2H3,(H,19,24)(H,20,22)(H,21,23). The van der Waals surface area contributed by atoms with E-state index in [1.807, 2.05) is 6.07 Å². The van der Waals surface area contributed by atoms with Gasteiger partial charge in [-0.05, 0) is 30.2 Å². The Morgan fingerprint density at radius 3 is 2.36 bits per heavy atom. The third-order valence-electron chi connectivity index (χ3n) is 3.46. The number of nitrogens with one attached hydrogen (secondary N) is 3. The normalized spacial score (nSPS) is 11.6. The lowest BCUT2D eigenvalue weighted by Crippen LogP contribution is -2.51. The van der Waals surface area contributed by atoms with Crippen LogP contribution in [0, 0.1) is 5.92 Å². The fraction of sp³-hybridized carbons (Fsp3) is 0.278. The van der Waals surface area contributed by atoms with E-state index in [0.717, 1.165) is 0 Å². The zero-order valence-electron chi connectivity index (χ0n) is 14.1. The van der Waals surface area contributed by atoms with Crippen LogP contribution in [-0.2, 0) is 9.59 Å². The van der Waals surface area contributed by atoms with Crippen molar-refractivity contribution < 1.29 is 18.8 Å². The second-order valence-corrected chi connectivity index (χ2v) is 5.80. The molecule has 132 valence electrons. The van der Waals surface area contributed by atoms with Crippen LogP contribution in [-0.4, -0.2) is 30.3 Å². The Balaban J connectivity index is 1.87. The van der Waals surface area contributed by atoms with Gasteiger partial charge in [-0.15, -0.1) is 0 Å². The topological polar surface area (TPSA) is 100 Å². The lowest BCUT2D eigenvalue weighted by Gasteiger charge is -2.21. The summed E-state index contributed by atoms with van der Waals surface area (Å²) in [6.07, 6.45) is 1.38. The van der Waals surface area contributed by atoms with Gasteiger partial charge in [-0.1, -0.05) is 32.0 Å². The van der Waals surface area contributed by atoms with Crippen molar-refractivity contribution in [2.24, 2.45) is 5.92 Å². The van der Waals surface area contributed by atoms with Gasteiger partial charge in [-0.25, -0.2) is 0 Å². The number of hydrogen-bond donors (Lipinski definition) is 3. The molecule has 25 heavy (non-hydrogen) atoms. The van der Waals surface area contributed by atoms with E-state index >= 15 is 0 Å². The fourth-order valence-electron chi connectivity index (χ4n) is 2.16. The molecule has 1 heterocycles. The average Bonchev–Trinajstić information content (AvgIpc) is 3.12. The summed E-state index contributed by atoms with van der Waals surface area (Å²) >= 11 is 0. The number of anilines is 1. The van der Waals surface area contributed by atoms with Gasteiger partial charge >= 0.3 is 0 Å². The second-order valence-electron chi connectivity index (χ2n) is 5.80. The molecular formula is C18H21N3O4. The SMILES string of the molecule is CC(C)C(NC(=O)c1ccco1)C(=O)NCC(=O)Nc1ccccc1. The summed E-state index contributed by atoms with van der Waals surface area (Å²) in [7, 11) is 0. The highest BCUT2D eigenvalue weighted by Gasteiger charge is 2.25.